The van der Waals surface area contributed by atoms with E-state index in [0.717, 1.165) is 12.8 Å². The first-order valence-corrected chi connectivity index (χ1v) is 8.87. The van der Waals surface area contributed by atoms with Crippen molar-refractivity contribution in [3.63, 3.8) is 0 Å². The molecule has 2 atom stereocenters. The number of urea groups is 1. The maximum Gasteiger partial charge on any atom is 0.317 e. The van der Waals surface area contributed by atoms with Gasteiger partial charge in [-0.25, -0.2) is 13.6 Å². The molecule has 0 aliphatic carbocycles. The van der Waals surface area contributed by atoms with Crippen molar-refractivity contribution in [1.82, 2.24) is 15.1 Å². The Balaban J connectivity index is 1.54. The summed E-state index contributed by atoms with van der Waals surface area (Å²) in [6, 6.07) is 3.45. The number of carbonyl (C=O) groups excluding carboxylic acids is 1. The van der Waals surface area contributed by atoms with E-state index in [1.807, 2.05) is 4.90 Å². The van der Waals surface area contributed by atoms with Crippen LogP contribution in [0.4, 0.5) is 13.6 Å². The lowest BCUT2D eigenvalue weighted by Crippen LogP contribution is -2.51. The van der Waals surface area contributed by atoms with Gasteiger partial charge in [0.2, 0.25) is 0 Å². The van der Waals surface area contributed by atoms with Gasteiger partial charge in [0, 0.05) is 37.8 Å². The molecule has 2 heterocycles. The lowest BCUT2D eigenvalue weighted by Gasteiger charge is -2.34. The molecule has 2 fully saturated rings. The fourth-order valence-electron chi connectivity index (χ4n) is 3.64. The van der Waals surface area contributed by atoms with E-state index in [4.69, 9.17) is 5.11 Å². The van der Waals surface area contributed by atoms with Gasteiger partial charge < -0.3 is 15.3 Å². The molecule has 26 heavy (non-hydrogen) atoms. The van der Waals surface area contributed by atoms with E-state index in [1.165, 1.54) is 23.1 Å². The normalized spacial score (nSPS) is 23.8. The first-order valence-electron chi connectivity index (χ1n) is 8.87. The van der Waals surface area contributed by atoms with Crippen LogP contribution in [-0.2, 0) is 11.3 Å². The lowest BCUT2D eigenvalue weighted by atomic mass is 10.0. The van der Waals surface area contributed by atoms with Gasteiger partial charge in [0.25, 0.3) is 0 Å². The second-order valence-corrected chi connectivity index (χ2v) is 6.99. The van der Waals surface area contributed by atoms with Crippen LogP contribution in [0.3, 0.4) is 0 Å². The van der Waals surface area contributed by atoms with E-state index >= 15 is 0 Å². The zero-order valence-corrected chi connectivity index (χ0v) is 14.5. The molecule has 6 nitrogen and oxygen atoms in total. The van der Waals surface area contributed by atoms with Crippen molar-refractivity contribution in [3.05, 3.63) is 35.4 Å². The second-order valence-electron chi connectivity index (χ2n) is 6.99. The minimum Gasteiger partial charge on any atom is -0.481 e. The predicted molar refractivity (Wildman–Crippen MR) is 90.5 cm³/mol. The SMILES string of the molecule is O=C(O)C1CCN(C(=O)NC2CCCN(Cc3c(F)cccc3F)C2)C1. The molecule has 0 spiro atoms. The van der Waals surface area contributed by atoms with Gasteiger partial charge in [-0.3, -0.25) is 9.69 Å². The summed E-state index contributed by atoms with van der Waals surface area (Å²) in [6.07, 6.45) is 2.07. The summed E-state index contributed by atoms with van der Waals surface area (Å²) >= 11 is 0. The summed E-state index contributed by atoms with van der Waals surface area (Å²) in [5.41, 5.74) is 0.0447. The molecule has 8 heteroatoms. The molecule has 142 valence electrons. The number of aliphatic carboxylic acids is 1. The molecule has 2 unspecified atom stereocenters. The van der Waals surface area contributed by atoms with Crippen molar-refractivity contribution in [2.75, 3.05) is 26.2 Å². The number of carboxylic acid groups (broad SMARTS) is 1. The van der Waals surface area contributed by atoms with Crippen LogP contribution in [0.2, 0.25) is 0 Å². The predicted octanol–water partition coefficient (Wildman–Crippen LogP) is 2.05. The number of nitrogens with one attached hydrogen (secondary N) is 1. The Bertz CT molecular complexity index is 665. The molecule has 3 rings (SSSR count). The number of carboxylic acids is 1. The van der Waals surface area contributed by atoms with Gasteiger partial charge in [-0.2, -0.15) is 0 Å². The van der Waals surface area contributed by atoms with Crippen LogP contribution in [-0.4, -0.2) is 59.1 Å². The molecule has 2 amide bonds. The zero-order chi connectivity index (χ0) is 18.7. The minimum atomic E-state index is -0.879. The number of hydrogen-bond donors (Lipinski definition) is 2. The highest BCUT2D eigenvalue weighted by Crippen LogP contribution is 2.20. The molecule has 0 aromatic heterocycles. The number of rotatable bonds is 4. The van der Waals surface area contributed by atoms with Crippen LogP contribution in [0.25, 0.3) is 0 Å². The summed E-state index contributed by atoms with van der Waals surface area (Å²) in [4.78, 5) is 26.8. The standard InChI is InChI=1S/C18H23F2N3O3/c19-15-4-1-5-16(20)14(15)11-22-7-2-3-13(10-22)21-18(26)23-8-6-12(9-23)17(24)25/h1,4-5,12-13H,2-3,6-11H2,(H,21,26)(H,24,25). The van der Waals surface area contributed by atoms with Crippen molar-refractivity contribution in [2.45, 2.75) is 31.8 Å². The molecular formula is C18H23F2N3O3. The van der Waals surface area contributed by atoms with Crippen LogP contribution >= 0.6 is 0 Å². The topological polar surface area (TPSA) is 72.9 Å². The first kappa shape index (κ1) is 18.6. The fraction of sp³-hybridized carbons (Fsp3) is 0.556. The Kier molecular flexibility index (Phi) is 5.70. The van der Waals surface area contributed by atoms with Crippen molar-refractivity contribution in [3.8, 4) is 0 Å². The molecule has 0 radical (unpaired) electrons. The van der Waals surface area contributed by atoms with Crippen molar-refractivity contribution >= 4 is 12.0 Å². The summed E-state index contributed by atoms with van der Waals surface area (Å²) in [6.45, 7) is 2.04. The van der Waals surface area contributed by atoms with Crippen molar-refractivity contribution in [1.29, 1.82) is 0 Å². The molecule has 2 aliphatic rings. The number of amides is 2. The first-order chi connectivity index (χ1) is 12.4. The van der Waals surface area contributed by atoms with E-state index in [0.29, 0.717) is 26.1 Å². The molecule has 1 aromatic carbocycles. The third-order valence-corrected chi connectivity index (χ3v) is 5.10. The molecule has 2 saturated heterocycles. The summed E-state index contributed by atoms with van der Waals surface area (Å²) in [5.74, 6) is -2.51. The molecule has 0 saturated carbocycles. The largest absolute Gasteiger partial charge is 0.481 e. The van der Waals surface area contributed by atoms with Gasteiger partial charge in [-0.15, -0.1) is 0 Å². The highest BCUT2D eigenvalue weighted by molar-refractivity contribution is 5.77. The highest BCUT2D eigenvalue weighted by Gasteiger charge is 2.32. The van der Waals surface area contributed by atoms with E-state index in [2.05, 4.69) is 5.32 Å². The Hall–Kier alpha value is -2.22. The maximum atomic E-state index is 13.8. The van der Waals surface area contributed by atoms with Gasteiger partial charge >= 0.3 is 12.0 Å². The molecule has 2 aliphatic heterocycles. The van der Waals surface area contributed by atoms with E-state index in [-0.39, 0.29) is 30.7 Å². The molecular weight excluding hydrogens is 344 g/mol. The van der Waals surface area contributed by atoms with Crippen LogP contribution in [0.15, 0.2) is 18.2 Å². The number of piperidine rings is 1. The highest BCUT2D eigenvalue weighted by atomic mass is 19.1. The van der Waals surface area contributed by atoms with E-state index in [1.54, 1.807) is 0 Å². The fourth-order valence-corrected chi connectivity index (χ4v) is 3.64. The molecule has 1 aromatic rings. The second kappa shape index (κ2) is 7.99. The lowest BCUT2D eigenvalue weighted by molar-refractivity contribution is -0.141. The molecule has 0 bridgehead atoms. The minimum absolute atomic E-state index is 0.0447. The summed E-state index contributed by atoms with van der Waals surface area (Å²) in [5, 5.41) is 12.0. The number of carbonyl (C=O) groups is 2. The number of hydrogen-bond acceptors (Lipinski definition) is 3. The monoisotopic (exact) mass is 367 g/mol. The maximum absolute atomic E-state index is 13.8. The van der Waals surface area contributed by atoms with Gasteiger partial charge in [-0.1, -0.05) is 6.07 Å². The van der Waals surface area contributed by atoms with Crippen LogP contribution in [0.1, 0.15) is 24.8 Å². The summed E-state index contributed by atoms with van der Waals surface area (Å²) < 4.78 is 27.7. The average molecular weight is 367 g/mol. The van der Waals surface area contributed by atoms with Gasteiger partial charge in [-0.05, 0) is 37.9 Å². The number of likely N-dealkylation sites (tertiary alicyclic amines) is 2. The Labute approximate surface area is 150 Å². The van der Waals surface area contributed by atoms with Gasteiger partial charge in [0.15, 0.2) is 0 Å². The smallest absolute Gasteiger partial charge is 0.317 e. The quantitative estimate of drug-likeness (QED) is 0.854. The third-order valence-electron chi connectivity index (χ3n) is 5.10. The van der Waals surface area contributed by atoms with E-state index < -0.39 is 23.5 Å². The Morgan fingerprint density at radius 1 is 1.15 bits per heavy atom. The van der Waals surface area contributed by atoms with Crippen molar-refractivity contribution in [2.24, 2.45) is 5.92 Å². The van der Waals surface area contributed by atoms with Crippen LogP contribution in [0.5, 0.6) is 0 Å². The Morgan fingerprint density at radius 3 is 2.54 bits per heavy atom. The number of benzene rings is 1. The van der Waals surface area contributed by atoms with Gasteiger partial charge in [0.05, 0.1) is 5.92 Å². The summed E-state index contributed by atoms with van der Waals surface area (Å²) in [7, 11) is 0. The Morgan fingerprint density at radius 2 is 1.88 bits per heavy atom. The van der Waals surface area contributed by atoms with Gasteiger partial charge in [0.1, 0.15) is 11.6 Å². The number of nitrogens with zero attached hydrogens (tertiary/aromatic N) is 2. The van der Waals surface area contributed by atoms with E-state index in [9.17, 15) is 18.4 Å². The van der Waals surface area contributed by atoms with Crippen LogP contribution < -0.4 is 5.32 Å². The third kappa shape index (κ3) is 4.30. The zero-order valence-electron chi connectivity index (χ0n) is 14.5. The number of halogens is 2. The van der Waals surface area contributed by atoms with Crippen LogP contribution in [0, 0.1) is 17.6 Å². The van der Waals surface area contributed by atoms with Crippen molar-refractivity contribution < 1.29 is 23.5 Å². The molecule has 2 N–H and O–H groups in total. The average Bonchev–Trinajstić information content (AvgIpc) is 3.09.